The zero-order valence-corrected chi connectivity index (χ0v) is 19.9. The van der Waals surface area contributed by atoms with E-state index in [4.69, 9.17) is 9.72 Å². The summed E-state index contributed by atoms with van der Waals surface area (Å²) in [5.41, 5.74) is 3.98. The number of fused-ring (bicyclic) bond motifs is 2. The molecule has 2 aliphatic rings. The summed E-state index contributed by atoms with van der Waals surface area (Å²) in [4.78, 5) is 34.2. The molecule has 7 heteroatoms. The Morgan fingerprint density at radius 1 is 1.06 bits per heavy atom. The van der Waals surface area contributed by atoms with Crippen LogP contribution in [0.3, 0.4) is 0 Å². The molecule has 3 heterocycles. The molecule has 2 aliphatic heterocycles. The highest BCUT2D eigenvalue weighted by Gasteiger charge is 2.42. The van der Waals surface area contributed by atoms with Crippen LogP contribution in [0.5, 0.6) is 5.75 Å². The molecule has 0 atom stereocenters. The van der Waals surface area contributed by atoms with Crippen molar-refractivity contribution in [3.63, 3.8) is 0 Å². The molecule has 0 saturated carbocycles. The number of benzene rings is 2. The average Bonchev–Trinajstić information content (AvgIpc) is 3.08. The first-order chi connectivity index (χ1) is 16.3. The van der Waals surface area contributed by atoms with Crippen molar-refractivity contribution >= 4 is 28.4 Å². The first kappa shape index (κ1) is 22.3. The minimum absolute atomic E-state index is 0.0344. The molecule has 0 radical (unpaired) electrons. The van der Waals surface area contributed by atoms with Crippen LogP contribution in [0.1, 0.15) is 30.7 Å². The molecule has 0 unspecified atom stereocenters. The fourth-order valence-corrected chi connectivity index (χ4v) is 4.78. The van der Waals surface area contributed by atoms with E-state index in [-0.39, 0.29) is 18.4 Å². The van der Waals surface area contributed by atoms with E-state index in [9.17, 15) is 9.59 Å². The first-order valence-corrected chi connectivity index (χ1v) is 11.8. The van der Waals surface area contributed by atoms with Crippen molar-refractivity contribution in [1.29, 1.82) is 0 Å². The van der Waals surface area contributed by atoms with E-state index >= 15 is 0 Å². The van der Waals surface area contributed by atoms with Crippen LogP contribution >= 0.6 is 0 Å². The van der Waals surface area contributed by atoms with Gasteiger partial charge in [0.15, 0.2) is 6.61 Å². The number of carbonyl (C=O) groups excluding carboxylic acids is 2. The molecule has 7 nitrogen and oxygen atoms in total. The Hall–Kier alpha value is -3.45. The molecule has 176 valence electrons. The smallest absolute Gasteiger partial charge is 0.260 e. The van der Waals surface area contributed by atoms with Gasteiger partial charge in [-0.25, -0.2) is 0 Å². The Labute approximate surface area is 199 Å². The number of aromatic nitrogens is 1. The lowest BCUT2D eigenvalue weighted by Gasteiger charge is -2.34. The van der Waals surface area contributed by atoms with Gasteiger partial charge >= 0.3 is 0 Å². The topological polar surface area (TPSA) is 74.8 Å². The standard InChI is InChI=1S/C27H30N4O3/c1-18-8-11-22(24-25(18)29-26(33)27(24,2)3)34-17-23(32)31-14-12-30(13-15-31)16-20-10-9-19-6-4-5-7-21(19)28-20/h4-11H,12-17H2,1-3H3,(H,29,33). The van der Waals surface area contributed by atoms with Gasteiger partial charge in [-0.3, -0.25) is 19.5 Å². The van der Waals surface area contributed by atoms with Gasteiger partial charge < -0.3 is 15.0 Å². The number of nitrogens with zero attached hydrogens (tertiary/aromatic N) is 3. The SMILES string of the molecule is Cc1ccc(OCC(=O)N2CCN(Cc3ccc4ccccc4n3)CC2)c2c1NC(=O)C2(C)C. The molecular formula is C27H30N4O3. The first-order valence-electron chi connectivity index (χ1n) is 11.8. The predicted octanol–water partition coefficient (Wildman–Crippen LogP) is 3.50. The molecule has 0 spiro atoms. The Balaban J connectivity index is 1.17. The fraction of sp³-hybridized carbons (Fsp3) is 0.370. The number of piperazine rings is 1. The lowest BCUT2D eigenvalue weighted by Crippen LogP contribution is -2.49. The molecule has 0 bridgehead atoms. The van der Waals surface area contributed by atoms with Crippen LogP contribution in [-0.4, -0.2) is 59.4 Å². The van der Waals surface area contributed by atoms with E-state index in [0.717, 1.165) is 53.0 Å². The van der Waals surface area contributed by atoms with Crippen LogP contribution in [0, 0.1) is 6.92 Å². The van der Waals surface area contributed by atoms with Crippen LogP contribution in [0.25, 0.3) is 10.9 Å². The van der Waals surface area contributed by atoms with Crippen LogP contribution in [0.2, 0.25) is 0 Å². The Bertz CT molecular complexity index is 1260. The van der Waals surface area contributed by atoms with Gasteiger partial charge in [0.1, 0.15) is 5.75 Å². The number of hydrogen-bond acceptors (Lipinski definition) is 5. The largest absolute Gasteiger partial charge is 0.483 e. The second kappa shape index (κ2) is 8.72. The number of amides is 2. The highest BCUT2D eigenvalue weighted by molar-refractivity contribution is 6.07. The van der Waals surface area contributed by atoms with Gasteiger partial charge in [0.2, 0.25) is 5.91 Å². The second-order valence-electron chi connectivity index (χ2n) is 9.65. The average molecular weight is 459 g/mol. The number of anilines is 1. The molecule has 34 heavy (non-hydrogen) atoms. The number of nitrogens with one attached hydrogen (secondary N) is 1. The molecule has 1 saturated heterocycles. The number of aryl methyl sites for hydroxylation is 1. The number of ether oxygens (including phenoxy) is 1. The number of carbonyl (C=O) groups is 2. The summed E-state index contributed by atoms with van der Waals surface area (Å²) in [6.07, 6.45) is 0. The predicted molar refractivity (Wildman–Crippen MR) is 132 cm³/mol. The summed E-state index contributed by atoms with van der Waals surface area (Å²) in [6, 6.07) is 16.1. The zero-order chi connectivity index (χ0) is 23.9. The quantitative estimate of drug-likeness (QED) is 0.634. The third-order valence-electron chi connectivity index (χ3n) is 6.92. The molecule has 3 aromatic rings. The maximum Gasteiger partial charge on any atom is 0.260 e. The minimum atomic E-state index is -0.692. The summed E-state index contributed by atoms with van der Waals surface area (Å²) < 4.78 is 5.96. The van der Waals surface area contributed by atoms with E-state index in [1.54, 1.807) is 0 Å². The van der Waals surface area contributed by atoms with E-state index in [2.05, 4.69) is 28.4 Å². The lowest BCUT2D eigenvalue weighted by atomic mass is 9.85. The third-order valence-corrected chi connectivity index (χ3v) is 6.92. The summed E-state index contributed by atoms with van der Waals surface area (Å²) >= 11 is 0. The molecule has 0 aliphatic carbocycles. The lowest BCUT2D eigenvalue weighted by molar-refractivity contribution is -0.135. The second-order valence-corrected chi connectivity index (χ2v) is 9.65. The van der Waals surface area contributed by atoms with Crippen molar-refractivity contribution in [2.45, 2.75) is 32.7 Å². The summed E-state index contributed by atoms with van der Waals surface area (Å²) in [7, 11) is 0. The van der Waals surface area contributed by atoms with Crippen molar-refractivity contribution in [1.82, 2.24) is 14.8 Å². The molecule has 2 aromatic carbocycles. The highest BCUT2D eigenvalue weighted by Crippen LogP contribution is 2.44. The Morgan fingerprint density at radius 2 is 1.82 bits per heavy atom. The van der Waals surface area contributed by atoms with Gasteiger partial charge in [-0.1, -0.05) is 30.3 Å². The molecule has 2 amide bonds. The third kappa shape index (κ3) is 4.12. The van der Waals surface area contributed by atoms with E-state index < -0.39 is 5.41 Å². The van der Waals surface area contributed by atoms with Crippen molar-refractivity contribution in [2.24, 2.45) is 0 Å². The van der Waals surface area contributed by atoms with Crippen LogP contribution in [0.4, 0.5) is 5.69 Å². The molecule has 1 aromatic heterocycles. The molecular weight excluding hydrogens is 428 g/mol. The van der Waals surface area contributed by atoms with Gasteiger partial charge in [-0.2, -0.15) is 0 Å². The molecule has 1 N–H and O–H groups in total. The molecule has 5 rings (SSSR count). The maximum absolute atomic E-state index is 12.9. The maximum atomic E-state index is 12.9. The number of para-hydroxylation sites is 1. The van der Waals surface area contributed by atoms with Gasteiger partial charge in [-0.15, -0.1) is 0 Å². The monoisotopic (exact) mass is 458 g/mol. The van der Waals surface area contributed by atoms with Crippen molar-refractivity contribution in [3.05, 3.63) is 65.4 Å². The summed E-state index contributed by atoms with van der Waals surface area (Å²) in [6.45, 7) is 9.37. The summed E-state index contributed by atoms with van der Waals surface area (Å²) in [5.74, 6) is 0.510. The normalized spacial score (nSPS) is 17.5. The number of hydrogen-bond donors (Lipinski definition) is 1. The fourth-order valence-electron chi connectivity index (χ4n) is 4.78. The van der Waals surface area contributed by atoms with E-state index in [1.807, 2.05) is 56.0 Å². The number of rotatable bonds is 5. The van der Waals surface area contributed by atoms with Crippen molar-refractivity contribution < 1.29 is 14.3 Å². The zero-order valence-electron chi connectivity index (χ0n) is 19.9. The van der Waals surface area contributed by atoms with Gasteiger partial charge in [0.25, 0.3) is 5.91 Å². The van der Waals surface area contributed by atoms with Crippen LogP contribution in [-0.2, 0) is 21.5 Å². The Kier molecular flexibility index (Phi) is 5.73. The van der Waals surface area contributed by atoms with Crippen molar-refractivity contribution in [3.8, 4) is 5.75 Å². The minimum Gasteiger partial charge on any atom is -0.483 e. The van der Waals surface area contributed by atoms with Crippen LogP contribution < -0.4 is 10.1 Å². The van der Waals surface area contributed by atoms with Gasteiger partial charge in [-0.05, 0) is 44.5 Å². The van der Waals surface area contributed by atoms with Gasteiger partial charge in [0.05, 0.1) is 22.3 Å². The van der Waals surface area contributed by atoms with Gasteiger partial charge in [0, 0.05) is 43.7 Å². The highest BCUT2D eigenvalue weighted by atomic mass is 16.5. The number of pyridine rings is 1. The molecule has 1 fully saturated rings. The van der Waals surface area contributed by atoms with E-state index in [1.165, 1.54) is 0 Å². The summed E-state index contributed by atoms with van der Waals surface area (Å²) in [5, 5.41) is 4.10. The van der Waals surface area contributed by atoms with E-state index in [0.29, 0.717) is 18.8 Å². The van der Waals surface area contributed by atoms with Crippen molar-refractivity contribution in [2.75, 3.05) is 38.1 Å². The van der Waals surface area contributed by atoms with Crippen LogP contribution in [0.15, 0.2) is 48.5 Å². The Morgan fingerprint density at radius 3 is 2.62 bits per heavy atom.